The van der Waals surface area contributed by atoms with Gasteiger partial charge in [-0.2, -0.15) is 0 Å². The maximum absolute atomic E-state index is 13.1. The van der Waals surface area contributed by atoms with Crippen molar-refractivity contribution in [2.24, 2.45) is 0 Å². The van der Waals surface area contributed by atoms with Crippen LogP contribution in [0.2, 0.25) is 0 Å². The van der Waals surface area contributed by atoms with Crippen LogP contribution < -0.4 is 5.32 Å². The summed E-state index contributed by atoms with van der Waals surface area (Å²) < 4.78 is 11.3. The van der Waals surface area contributed by atoms with Crippen molar-refractivity contribution in [1.29, 1.82) is 0 Å². The number of rotatable bonds is 57. The third-order valence-corrected chi connectivity index (χ3v) is 15.8. The van der Waals surface area contributed by atoms with E-state index >= 15 is 0 Å². The topological polar surface area (TPSA) is 149 Å². The third kappa shape index (κ3) is 43.6. The van der Waals surface area contributed by atoms with Gasteiger partial charge in [0.1, 0.15) is 24.4 Å². The lowest BCUT2D eigenvalue weighted by Gasteiger charge is -2.40. The number of amides is 1. The van der Waals surface area contributed by atoms with Gasteiger partial charge in [0.15, 0.2) is 6.29 Å². The first kappa shape index (κ1) is 70.7. The van der Waals surface area contributed by atoms with Gasteiger partial charge in [0.2, 0.25) is 5.91 Å². The molecule has 1 fully saturated rings. The van der Waals surface area contributed by atoms with Crippen LogP contribution in [0, 0.1) is 0 Å². The summed E-state index contributed by atoms with van der Waals surface area (Å²) in [4.78, 5) is 13.1. The number of nitrogens with one attached hydrogen (secondary N) is 1. The van der Waals surface area contributed by atoms with Crippen molar-refractivity contribution in [2.75, 3.05) is 13.2 Å². The molecule has 438 valence electrons. The van der Waals surface area contributed by atoms with E-state index in [9.17, 15) is 30.3 Å². The van der Waals surface area contributed by atoms with Crippen LogP contribution in [0.4, 0.5) is 0 Å². The average Bonchev–Trinajstić information content (AvgIpc) is 3.40. The highest BCUT2D eigenvalue weighted by atomic mass is 16.7. The van der Waals surface area contributed by atoms with Crippen molar-refractivity contribution < 1.29 is 39.8 Å². The van der Waals surface area contributed by atoms with Gasteiger partial charge in [0.05, 0.1) is 25.4 Å². The van der Waals surface area contributed by atoms with Crippen LogP contribution >= 0.6 is 0 Å². The quantitative estimate of drug-likeness (QED) is 0.0261. The molecular weight excluding hydrogens is 923 g/mol. The molecular formula is C65H125NO8. The first-order valence-corrected chi connectivity index (χ1v) is 32.6. The molecule has 0 aliphatic carbocycles. The normalized spacial score (nSPS) is 19.0. The number of ether oxygens (including phenoxy) is 2. The Hall–Kier alpha value is -1.33. The highest BCUT2D eigenvalue weighted by molar-refractivity contribution is 5.76. The number of unbranched alkanes of at least 4 members (excludes halogenated alkanes) is 45. The Morgan fingerprint density at radius 1 is 0.446 bits per heavy atom. The lowest BCUT2D eigenvalue weighted by atomic mass is 9.99. The first-order valence-electron chi connectivity index (χ1n) is 32.6. The third-order valence-electron chi connectivity index (χ3n) is 15.8. The number of aliphatic hydroxyl groups excluding tert-OH is 5. The van der Waals surface area contributed by atoms with Crippen LogP contribution in [0.3, 0.4) is 0 Å². The van der Waals surface area contributed by atoms with Crippen LogP contribution in [0.15, 0.2) is 24.3 Å². The van der Waals surface area contributed by atoms with Gasteiger partial charge in [-0.3, -0.25) is 4.79 Å². The number of allylic oxidation sites excluding steroid dienone is 3. The summed E-state index contributed by atoms with van der Waals surface area (Å²) in [5.41, 5.74) is 0. The highest BCUT2D eigenvalue weighted by Gasteiger charge is 2.44. The predicted molar refractivity (Wildman–Crippen MR) is 314 cm³/mol. The standard InChI is InChI=1S/C65H125NO8/c1-3-5-7-9-11-13-15-17-19-21-23-24-25-26-27-28-29-30-31-32-33-34-35-37-38-40-42-44-46-48-50-52-54-59(68)58(57-73-65-64(72)63(71)62(70)60(56-67)74-65)66-61(69)55-53-51-49-47-45-43-41-39-36-22-20-18-16-14-12-10-8-6-4-2/h44,46,52,54,58-60,62-65,67-68,70-72H,3-43,45,47-51,53,55-57H2,1-2H3,(H,66,69)/b46-44+,54-52+. The van der Waals surface area contributed by atoms with Crippen LogP contribution in [0.25, 0.3) is 0 Å². The zero-order chi connectivity index (χ0) is 53.6. The van der Waals surface area contributed by atoms with E-state index in [0.717, 1.165) is 38.5 Å². The van der Waals surface area contributed by atoms with Gasteiger partial charge in [-0.05, 0) is 32.1 Å². The molecule has 1 rings (SSSR count). The number of carbonyl (C=O) groups excluding carboxylic acids is 1. The van der Waals surface area contributed by atoms with E-state index in [-0.39, 0.29) is 12.5 Å². The lowest BCUT2D eigenvalue weighted by molar-refractivity contribution is -0.302. The van der Waals surface area contributed by atoms with E-state index in [4.69, 9.17) is 9.47 Å². The fourth-order valence-corrected chi connectivity index (χ4v) is 10.6. The predicted octanol–water partition coefficient (Wildman–Crippen LogP) is 16.9. The molecule has 7 unspecified atom stereocenters. The molecule has 74 heavy (non-hydrogen) atoms. The second-order valence-corrected chi connectivity index (χ2v) is 22.9. The maximum Gasteiger partial charge on any atom is 0.220 e. The molecule has 0 saturated carbocycles. The van der Waals surface area contributed by atoms with Gasteiger partial charge in [-0.25, -0.2) is 0 Å². The lowest BCUT2D eigenvalue weighted by Crippen LogP contribution is -2.60. The van der Waals surface area contributed by atoms with Crippen molar-refractivity contribution in [1.82, 2.24) is 5.32 Å². The Balaban J connectivity index is 2.15. The van der Waals surface area contributed by atoms with E-state index in [2.05, 4.69) is 31.3 Å². The van der Waals surface area contributed by atoms with Gasteiger partial charge in [0.25, 0.3) is 0 Å². The molecule has 0 aromatic carbocycles. The molecule has 6 N–H and O–H groups in total. The minimum Gasteiger partial charge on any atom is -0.394 e. The molecule has 1 aliphatic rings. The average molecular weight is 1050 g/mol. The molecule has 9 heteroatoms. The van der Waals surface area contributed by atoms with Crippen LogP contribution in [0.1, 0.15) is 328 Å². The molecule has 0 radical (unpaired) electrons. The molecule has 0 bridgehead atoms. The smallest absolute Gasteiger partial charge is 0.220 e. The Morgan fingerprint density at radius 3 is 1.14 bits per heavy atom. The van der Waals surface area contributed by atoms with Gasteiger partial charge < -0.3 is 40.3 Å². The summed E-state index contributed by atoms with van der Waals surface area (Å²) in [7, 11) is 0. The second kappa shape index (κ2) is 55.0. The monoisotopic (exact) mass is 1050 g/mol. The van der Waals surface area contributed by atoms with E-state index in [1.54, 1.807) is 6.08 Å². The maximum atomic E-state index is 13.1. The zero-order valence-electron chi connectivity index (χ0n) is 48.9. The van der Waals surface area contributed by atoms with Gasteiger partial charge in [-0.1, -0.05) is 314 Å². The van der Waals surface area contributed by atoms with Gasteiger partial charge in [-0.15, -0.1) is 0 Å². The zero-order valence-corrected chi connectivity index (χ0v) is 48.9. The Bertz CT molecular complexity index is 1210. The number of aliphatic hydroxyl groups is 5. The molecule has 0 spiro atoms. The molecule has 0 aromatic heterocycles. The summed E-state index contributed by atoms with van der Waals surface area (Å²) >= 11 is 0. The molecule has 1 aliphatic heterocycles. The minimum atomic E-state index is -1.57. The Labute approximate surface area is 458 Å². The summed E-state index contributed by atoms with van der Waals surface area (Å²) in [5, 5.41) is 54.6. The summed E-state index contributed by atoms with van der Waals surface area (Å²) in [6.45, 7) is 3.81. The van der Waals surface area contributed by atoms with Crippen LogP contribution in [-0.4, -0.2) is 87.5 Å². The van der Waals surface area contributed by atoms with Crippen LogP contribution in [0.5, 0.6) is 0 Å². The van der Waals surface area contributed by atoms with Crippen molar-refractivity contribution >= 4 is 5.91 Å². The fraction of sp³-hybridized carbons (Fsp3) is 0.923. The largest absolute Gasteiger partial charge is 0.394 e. The summed E-state index contributed by atoms with van der Waals surface area (Å²) in [5.74, 6) is -0.180. The van der Waals surface area contributed by atoms with Crippen molar-refractivity contribution in [3.63, 3.8) is 0 Å². The summed E-state index contributed by atoms with van der Waals surface area (Å²) in [6.07, 6.45) is 64.2. The first-order chi connectivity index (χ1) is 36.3. The number of hydrogen-bond donors (Lipinski definition) is 6. The molecule has 1 heterocycles. The molecule has 0 aromatic rings. The van der Waals surface area contributed by atoms with Gasteiger partial charge in [0, 0.05) is 6.42 Å². The SMILES string of the molecule is CCCCCCCCCCCCCCCCCCCCCCCCCCCC/C=C/CC/C=C/C(O)C(COC1OC(CO)C(O)C(O)C1O)NC(=O)CCCCCCCCCCCCCCCCCCCCC. The molecule has 1 saturated heterocycles. The van der Waals surface area contributed by atoms with E-state index < -0.39 is 49.5 Å². The molecule has 7 atom stereocenters. The minimum absolute atomic E-state index is 0.180. The van der Waals surface area contributed by atoms with Crippen molar-refractivity contribution in [2.45, 2.75) is 371 Å². The van der Waals surface area contributed by atoms with E-state index in [1.165, 1.54) is 270 Å². The molecule has 9 nitrogen and oxygen atoms in total. The fourth-order valence-electron chi connectivity index (χ4n) is 10.6. The Kier molecular flexibility index (Phi) is 52.5. The van der Waals surface area contributed by atoms with Crippen molar-refractivity contribution in [3.05, 3.63) is 24.3 Å². The van der Waals surface area contributed by atoms with Gasteiger partial charge >= 0.3 is 0 Å². The highest BCUT2D eigenvalue weighted by Crippen LogP contribution is 2.23. The molecule has 1 amide bonds. The van der Waals surface area contributed by atoms with E-state index in [1.807, 2.05) is 6.08 Å². The number of carbonyl (C=O) groups is 1. The second-order valence-electron chi connectivity index (χ2n) is 22.9. The van der Waals surface area contributed by atoms with Crippen molar-refractivity contribution in [3.8, 4) is 0 Å². The summed E-state index contributed by atoms with van der Waals surface area (Å²) in [6, 6.07) is -0.819. The number of hydrogen-bond acceptors (Lipinski definition) is 8. The van der Waals surface area contributed by atoms with E-state index in [0.29, 0.717) is 6.42 Å². The van der Waals surface area contributed by atoms with Crippen LogP contribution in [-0.2, 0) is 14.3 Å². The Morgan fingerprint density at radius 2 is 0.770 bits per heavy atom.